The minimum Gasteiger partial charge on any atom is -0.490 e. The number of benzene rings is 4. The summed E-state index contributed by atoms with van der Waals surface area (Å²) in [4.78, 5) is 17.5. The molecule has 0 fully saturated rings. The van der Waals surface area contributed by atoms with Gasteiger partial charge in [-0.2, -0.15) is 0 Å². The zero-order chi connectivity index (χ0) is 26.5. The zero-order valence-corrected chi connectivity index (χ0v) is 20.7. The van der Waals surface area contributed by atoms with Crippen LogP contribution < -0.4 is 4.74 Å². The molecule has 4 aromatic carbocycles. The number of ether oxygens (including phenoxy) is 2. The normalized spacial score (nSPS) is 11.5. The number of nitrogens with zero attached hydrogens (tertiary/aromatic N) is 2. The van der Waals surface area contributed by atoms with Crippen LogP contribution >= 0.6 is 11.6 Å². The van der Waals surface area contributed by atoms with Crippen molar-refractivity contribution in [1.82, 2.24) is 9.55 Å². The summed E-state index contributed by atoms with van der Waals surface area (Å²) in [7, 11) is 0. The first kappa shape index (κ1) is 25.2. The Hall–Kier alpha value is -4.49. The zero-order valence-electron chi connectivity index (χ0n) is 20.0. The van der Waals surface area contributed by atoms with Gasteiger partial charge in [0.15, 0.2) is 0 Å². The lowest BCUT2D eigenvalue weighted by molar-refractivity contribution is 0.0688. The highest BCUT2D eigenvalue weighted by molar-refractivity contribution is 6.32. The highest BCUT2D eigenvalue weighted by Crippen LogP contribution is 2.27. The molecule has 0 saturated heterocycles. The summed E-state index contributed by atoms with van der Waals surface area (Å²) in [5.41, 5.74) is 1.25. The van der Waals surface area contributed by atoms with Crippen molar-refractivity contribution in [3.8, 4) is 5.75 Å². The summed E-state index contributed by atoms with van der Waals surface area (Å²) < 4.78 is 42.4. The predicted octanol–water partition coefficient (Wildman–Crippen LogP) is 7.40. The van der Waals surface area contributed by atoms with Crippen molar-refractivity contribution in [3.05, 3.63) is 131 Å². The predicted molar refractivity (Wildman–Crippen MR) is 143 cm³/mol. The second kappa shape index (κ2) is 11.3. The molecule has 0 unspecified atom stereocenters. The molecule has 8 heteroatoms. The van der Waals surface area contributed by atoms with Crippen molar-refractivity contribution in [2.45, 2.75) is 6.54 Å². The molecule has 38 heavy (non-hydrogen) atoms. The third-order valence-electron chi connectivity index (χ3n) is 5.79. The van der Waals surface area contributed by atoms with E-state index < -0.39 is 17.6 Å². The Morgan fingerprint density at radius 1 is 0.842 bits per heavy atom. The Morgan fingerprint density at radius 2 is 1.47 bits per heavy atom. The van der Waals surface area contributed by atoms with Crippen molar-refractivity contribution in [1.29, 1.82) is 0 Å². The molecule has 0 radical (unpaired) electrons. The van der Waals surface area contributed by atoms with Crippen LogP contribution in [0.5, 0.6) is 5.75 Å². The Balaban J connectivity index is 1.54. The van der Waals surface area contributed by atoms with Gasteiger partial charge < -0.3 is 14.0 Å². The maximum Gasteiger partial charge on any atom is 0.346 e. The quantitative estimate of drug-likeness (QED) is 0.155. The van der Waals surface area contributed by atoms with Gasteiger partial charge in [0.1, 0.15) is 35.6 Å². The Bertz CT molecular complexity index is 1650. The average Bonchev–Trinajstić information content (AvgIpc) is 3.27. The lowest BCUT2D eigenvalue weighted by Gasteiger charge is -2.13. The fourth-order valence-electron chi connectivity index (χ4n) is 3.97. The van der Waals surface area contributed by atoms with Crippen LogP contribution in [0.3, 0.4) is 0 Å². The van der Waals surface area contributed by atoms with Crippen LogP contribution in [0.2, 0.25) is 5.02 Å². The summed E-state index contributed by atoms with van der Waals surface area (Å²) in [6.45, 7) is 0.623. The van der Waals surface area contributed by atoms with Crippen LogP contribution in [0, 0.1) is 11.6 Å². The van der Waals surface area contributed by atoms with E-state index in [0.29, 0.717) is 28.7 Å². The third-order valence-corrected chi connectivity index (χ3v) is 6.10. The van der Waals surface area contributed by atoms with E-state index in [0.717, 1.165) is 11.6 Å². The summed E-state index contributed by atoms with van der Waals surface area (Å²) >= 11 is 6.21. The van der Waals surface area contributed by atoms with Gasteiger partial charge in [-0.15, -0.1) is 0 Å². The number of hydrogen-bond donors (Lipinski definition) is 0. The number of fused-ring (bicyclic) bond motifs is 1. The van der Waals surface area contributed by atoms with E-state index in [1.807, 2.05) is 41.0 Å². The second-order valence-corrected chi connectivity index (χ2v) is 8.65. The number of esters is 1. The summed E-state index contributed by atoms with van der Waals surface area (Å²) in [5, 5.41) is 0.491. The van der Waals surface area contributed by atoms with Crippen molar-refractivity contribution < 1.29 is 23.0 Å². The number of para-hydroxylation sites is 3. The van der Waals surface area contributed by atoms with Crippen LogP contribution in [0.15, 0.2) is 97.1 Å². The lowest BCUT2D eigenvalue weighted by atomic mass is 10.1. The van der Waals surface area contributed by atoms with Crippen LogP contribution in [0.4, 0.5) is 8.78 Å². The van der Waals surface area contributed by atoms with E-state index >= 15 is 0 Å². The molecule has 1 aromatic heterocycles. The summed E-state index contributed by atoms with van der Waals surface area (Å²) in [5.74, 6) is -1.48. The molecule has 0 aliphatic carbocycles. The van der Waals surface area contributed by atoms with Crippen LogP contribution in [-0.2, 0) is 11.3 Å². The lowest BCUT2D eigenvalue weighted by Crippen LogP contribution is -2.11. The van der Waals surface area contributed by atoms with Gasteiger partial charge in [0, 0.05) is 6.08 Å². The maximum atomic E-state index is 14.8. The Morgan fingerprint density at radius 3 is 2.21 bits per heavy atom. The molecule has 0 aliphatic heterocycles. The van der Waals surface area contributed by atoms with Gasteiger partial charge in [-0.25, -0.2) is 18.6 Å². The molecule has 5 nitrogen and oxygen atoms in total. The fraction of sp³-hybridized carbons (Fsp3) is 0.0667. The van der Waals surface area contributed by atoms with Crippen LogP contribution in [-0.4, -0.2) is 22.1 Å². The maximum absolute atomic E-state index is 14.8. The summed E-state index contributed by atoms with van der Waals surface area (Å²) in [6.07, 6.45) is 1.46. The number of carbonyl (C=O) groups excluding carboxylic acids is 1. The average molecular weight is 531 g/mol. The van der Waals surface area contributed by atoms with Crippen LogP contribution in [0.1, 0.15) is 21.7 Å². The van der Waals surface area contributed by atoms with E-state index in [4.69, 9.17) is 21.1 Å². The van der Waals surface area contributed by atoms with Gasteiger partial charge in [-0.05, 0) is 48.5 Å². The first-order valence-electron chi connectivity index (χ1n) is 11.8. The minimum absolute atomic E-state index is 0.0307. The summed E-state index contributed by atoms with van der Waals surface area (Å²) in [6, 6.07) is 25.9. The highest BCUT2D eigenvalue weighted by Gasteiger charge is 2.20. The van der Waals surface area contributed by atoms with Gasteiger partial charge in [-0.3, -0.25) is 0 Å². The van der Waals surface area contributed by atoms with Gasteiger partial charge in [0.2, 0.25) is 0 Å². The molecule has 1 heterocycles. The van der Waals surface area contributed by atoms with Crippen molar-refractivity contribution >= 4 is 40.4 Å². The molecule has 0 bridgehead atoms. The number of imidazole rings is 1. The Kier molecular flexibility index (Phi) is 7.47. The first-order chi connectivity index (χ1) is 18.5. The highest BCUT2D eigenvalue weighted by atomic mass is 35.5. The number of rotatable bonds is 8. The molecular formula is C30H21ClF2N2O3. The van der Waals surface area contributed by atoms with Gasteiger partial charge >= 0.3 is 5.97 Å². The smallest absolute Gasteiger partial charge is 0.346 e. The van der Waals surface area contributed by atoms with Gasteiger partial charge in [0.05, 0.1) is 33.7 Å². The Labute approximate surface area is 222 Å². The van der Waals surface area contributed by atoms with E-state index in [9.17, 15) is 13.6 Å². The largest absolute Gasteiger partial charge is 0.490 e. The molecule has 0 amide bonds. The molecule has 0 aliphatic rings. The molecule has 0 saturated carbocycles. The van der Waals surface area contributed by atoms with Crippen molar-refractivity contribution in [2.75, 3.05) is 6.61 Å². The van der Waals surface area contributed by atoms with Crippen molar-refractivity contribution in [3.63, 3.8) is 0 Å². The molecule has 5 aromatic rings. The SMILES string of the molecule is O=C(OC(=Cc1nc2ccccc2n1CCOc1ccccc1Cl)c1ccccc1F)c1ccccc1F. The monoisotopic (exact) mass is 530 g/mol. The minimum atomic E-state index is -0.956. The number of halogens is 3. The molecule has 0 atom stereocenters. The van der Waals surface area contributed by atoms with Gasteiger partial charge in [-0.1, -0.05) is 60.1 Å². The van der Waals surface area contributed by atoms with E-state index in [1.54, 1.807) is 18.2 Å². The number of hydrogen-bond acceptors (Lipinski definition) is 4. The van der Waals surface area contributed by atoms with E-state index in [1.165, 1.54) is 42.5 Å². The molecule has 0 N–H and O–H groups in total. The molecule has 190 valence electrons. The number of carbonyl (C=O) groups is 1. The van der Waals surface area contributed by atoms with Crippen molar-refractivity contribution in [2.24, 2.45) is 0 Å². The second-order valence-electron chi connectivity index (χ2n) is 8.25. The number of aromatic nitrogens is 2. The van der Waals surface area contributed by atoms with E-state index in [2.05, 4.69) is 4.98 Å². The first-order valence-corrected chi connectivity index (χ1v) is 12.1. The van der Waals surface area contributed by atoms with E-state index in [-0.39, 0.29) is 23.5 Å². The fourth-order valence-corrected chi connectivity index (χ4v) is 4.16. The molecule has 0 spiro atoms. The third kappa shape index (κ3) is 5.43. The topological polar surface area (TPSA) is 53.3 Å². The molecule has 5 rings (SSSR count). The molecular weight excluding hydrogens is 510 g/mol. The standard InChI is InChI=1S/C30H21ClF2N2O3/c31-22-11-3-8-16-27(22)37-18-17-35-26-15-7-6-14-25(26)34-29(35)19-28(20-9-1-4-12-23(20)32)38-30(36)21-10-2-5-13-24(21)33/h1-16,19H,17-18H2. The van der Waals surface area contributed by atoms with Crippen LogP contribution in [0.25, 0.3) is 22.9 Å². The van der Waals surface area contributed by atoms with Gasteiger partial charge in [0.25, 0.3) is 0 Å².